The number of rotatable bonds is 7. The van der Waals surface area contributed by atoms with E-state index in [1.807, 2.05) is 11.8 Å². The number of aryl methyl sites for hydroxylation is 2. The van der Waals surface area contributed by atoms with Crippen molar-refractivity contribution in [3.8, 4) is 11.5 Å². The molecule has 14 heteroatoms. The van der Waals surface area contributed by atoms with Crippen molar-refractivity contribution in [2.45, 2.75) is 39.3 Å². The van der Waals surface area contributed by atoms with Gasteiger partial charge in [0.25, 0.3) is 5.91 Å². The van der Waals surface area contributed by atoms with Gasteiger partial charge in [0.15, 0.2) is 5.13 Å². The van der Waals surface area contributed by atoms with E-state index in [9.17, 15) is 14.7 Å². The molecule has 1 amide bonds. The number of carbonyl (C=O) groups excluding carboxylic acids is 1. The fraction of sp³-hybridized carbons (Fsp3) is 0.450. The van der Waals surface area contributed by atoms with Gasteiger partial charge in [0.1, 0.15) is 22.1 Å². The lowest BCUT2D eigenvalue weighted by Gasteiger charge is -2.38. The number of amides is 1. The van der Waals surface area contributed by atoms with Crippen molar-refractivity contribution in [1.29, 1.82) is 0 Å². The highest BCUT2D eigenvalue weighted by atomic mass is 35.5. The van der Waals surface area contributed by atoms with Crippen molar-refractivity contribution >= 4 is 51.5 Å². The first-order valence-electron chi connectivity index (χ1n) is 10.5. The number of anilines is 1. The van der Waals surface area contributed by atoms with E-state index in [2.05, 4.69) is 30.5 Å². The van der Waals surface area contributed by atoms with Crippen molar-refractivity contribution in [2.24, 2.45) is 0 Å². The number of ether oxygens (including phenoxy) is 1. The Hall–Kier alpha value is -2.67. The first kappa shape index (κ1) is 24.5. The van der Waals surface area contributed by atoms with E-state index in [-0.39, 0.29) is 45.2 Å². The van der Waals surface area contributed by atoms with E-state index in [1.54, 1.807) is 13.8 Å². The summed E-state index contributed by atoms with van der Waals surface area (Å²) in [5.74, 6) is -0.667. The number of aromatic nitrogens is 5. The van der Waals surface area contributed by atoms with E-state index < -0.39 is 5.97 Å². The molecule has 1 aliphatic heterocycles. The lowest BCUT2D eigenvalue weighted by molar-refractivity contribution is 0.0272. The third-order valence-corrected chi connectivity index (χ3v) is 7.48. The number of nitrogens with zero attached hydrogens (tertiary/aromatic N) is 4. The minimum atomic E-state index is -1.10. The Morgan fingerprint density at radius 3 is 2.65 bits per heavy atom. The number of aromatic amines is 2. The van der Waals surface area contributed by atoms with Crippen LogP contribution in [-0.2, 0) is 4.74 Å². The molecule has 182 valence electrons. The minimum absolute atomic E-state index is 0.0611. The summed E-state index contributed by atoms with van der Waals surface area (Å²) in [5, 5.41) is 20.4. The minimum Gasteiger partial charge on any atom is -0.477 e. The Balaban J connectivity index is 1.53. The first-order valence-corrected chi connectivity index (χ1v) is 12.1. The first-order chi connectivity index (χ1) is 16.2. The molecule has 0 spiro atoms. The van der Waals surface area contributed by atoms with E-state index in [4.69, 9.17) is 27.9 Å². The van der Waals surface area contributed by atoms with E-state index in [0.717, 1.165) is 11.3 Å². The van der Waals surface area contributed by atoms with Gasteiger partial charge >= 0.3 is 5.97 Å². The second kappa shape index (κ2) is 9.90. The number of piperidine rings is 1. The molecule has 4 rings (SSSR count). The molecule has 34 heavy (non-hydrogen) atoms. The lowest BCUT2D eigenvalue weighted by atomic mass is 10.0. The van der Waals surface area contributed by atoms with Crippen LogP contribution in [0.4, 0.5) is 5.13 Å². The maximum Gasteiger partial charge on any atom is 0.348 e. The second-order valence-electron chi connectivity index (χ2n) is 7.79. The molecule has 0 radical (unpaired) electrons. The standard InChI is InChI=1S/C20H23Cl2N7O4S/c1-4-33-11-7-29(6-5-10(11)25-18(30)14-13(22)12(21)8(2)23-14)20-26-15(16(34-20)19(31)32)17-24-9(3)27-28-17/h10-11,23H,4-7H2,1-3H3,(H,25,30)(H,31,32)(H,24,27,28)/t10-,11+/m1/s1. The molecule has 0 aliphatic carbocycles. The zero-order valence-electron chi connectivity index (χ0n) is 18.6. The van der Waals surface area contributed by atoms with E-state index >= 15 is 0 Å². The SMILES string of the molecule is CCO[C@H]1CN(c2nc(-c3n[nH]c(C)n3)c(C(=O)O)s2)CC[C@H]1NC(=O)c1[nH]c(C)c(Cl)c1Cl. The Morgan fingerprint density at radius 1 is 1.29 bits per heavy atom. The van der Waals surface area contributed by atoms with Crippen molar-refractivity contribution < 1.29 is 19.4 Å². The van der Waals surface area contributed by atoms with Gasteiger partial charge in [-0.3, -0.25) is 9.89 Å². The van der Waals surface area contributed by atoms with E-state index in [0.29, 0.717) is 47.8 Å². The summed E-state index contributed by atoms with van der Waals surface area (Å²) < 4.78 is 5.92. The number of carboxylic acids is 1. The fourth-order valence-corrected chi connectivity index (χ4v) is 5.15. The van der Waals surface area contributed by atoms with Crippen molar-refractivity contribution in [3.63, 3.8) is 0 Å². The smallest absolute Gasteiger partial charge is 0.348 e. The molecule has 1 fully saturated rings. The molecule has 4 N–H and O–H groups in total. The van der Waals surface area contributed by atoms with Gasteiger partial charge < -0.3 is 25.0 Å². The van der Waals surface area contributed by atoms with Crippen LogP contribution in [0.2, 0.25) is 10.0 Å². The molecule has 4 heterocycles. The molecular formula is C20H23Cl2N7O4S. The van der Waals surface area contributed by atoms with Gasteiger partial charge in [-0.1, -0.05) is 34.5 Å². The molecule has 11 nitrogen and oxygen atoms in total. The number of hydrogen-bond donors (Lipinski definition) is 4. The van der Waals surface area contributed by atoms with Gasteiger partial charge in [-0.25, -0.2) is 14.8 Å². The number of hydrogen-bond acceptors (Lipinski definition) is 8. The van der Waals surface area contributed by atoms with Crippen LogP contribution in [0, 0.1) is 13.8 Å². The second-order valence-corrected chi connectivity index (χ2v) is 9.52. The van der Waals surface area contributed by atoms with Crippen molar-refractivity contribution in [1.82, 2.24) is 30.5 Å². The Morgan fingerprint density at radius 2 is 2.06 bits per heavy atom. The molecule has 1 aliphatic rings. The molecule has 0 bridgehead atoms. The summed E-state index contributed by atoms with van der Waals surface area (Å²) in [7, 11) is 0. The molecule has 0 aromatic carbocycles. The Bertz CT molecular complexity index is 1220. The van der Waals surface area contributed by atoms with Crippen LogP contribution in [0.5, 0.6) is 0 Å². The number of aromatic carboxylic acids is 1. The highest BCUT2D eigenvalue weighted by Gasteiger charge is 2.34. The Kier molecular flexibility index (Phi) is 7.12. The number of thiazole rings is 1. The molecule has 0 saturated carbocycles. The highest BCUT2D eigenvalue weighted by molar-refractivity contribution is 7.17. The predicted molar refractivity (Wildman–Crippen MR) is 128 cm³/mol. The molecule has 2 atom stereocenters. The average Bonchev–Trinajstić information content (AvgIpc) is 3.49. The van der Waals surface area contributed by atoms with Crippen LogP contribution in [-0.4, -0.2) is 74.0 Å². The molecule has 3 aromatic rings. The number of nitrogens with one attached hydrogen (secondary N) is 3. The number of carbonyl (C=O) groups is 2. The van der Waals surface area contributed by atoms with Crippen LogP contribution in [0.15, 0.2) is 0 Å². The van der Waals surface area contributed by atoms with Crippen LogP contribution < -0.4 is 10.2 Å². The predicted octanol–water partition coefficient (Wildman–Crippen LogP) is 3.29. The summed E-state index contributed by atoms with van der Waals surface area (Å²) in [6, 6.07) is -0.281. The summed E-state index contributed by atoms with van der Waals surface area (Å²) in [4.78, 5) is 38.3. The van der Waals surface area contributed by atoms with Gasteiger partial charge in [-0.15, -0.1) is 0 Å². The molecular weight excluding hydrogens is 505 g/mol. The van der Waals surface area contributed by atoms with Gasteiger partial charge in [0, 0.05) is 25.4 Å². The van der Waals surface area contributed by atoms with Gasteiger partial charge in [-0.05, 0) is 27.2 Å². The summed E-state index contributed by atoms with van der Waals surface area (Å²) in [6.07, 6.45) is 0.206. The van der Waals surface area contributed by atoms with Crippen LogP contribution >= 0.6 is 34.5 Å². The van der Waals surface area contributed by atoms with Gasteiger partial charge in [-0.2, -0.15) is 5.10 Å². The highest BCUT2D eigenvalue weighted by Crippen LogP contribution is 2.34. The van der Waals surface area contributed by atoms with Crippen molar-refractivity contribution in [2.75, 3.05) is 24.6 Å². The van der Waals surface area contributed by atoms with Gasteiger partial charge in [0.05, 0.1) is 22.2 Å². The van der Waals surface area contributed by atoms with Crippen molar-refractivity contribution in [3.05, 3.63) is 32.1 Å². The third kappa shape index (κ3) is 4.76. The van der Waals surface area contributed by atoms with Crippen LogP contribution in [0.25, 0.3) is 11.5 Å². The quantitative estimate of drug-likeness (QED) is 0.365. The van der Waals surface area contributed by atoms with Crippen LogP contribution in [0.3, 0.4) is 0 Å². The topological polar surface area (TPSA) is 149 Å². The van der Waals surface area contributed by atoms with Gasteiger partial charge in [0.2, 0.25) is 5.82 Å². The summed E-state index contributed by atoms with van der Waals surface area (Å²) in [6.45, 7) is 6.73. The average molecular weight is 528 g/mol. The monoisotopic (exact) mass is 527 g/mol. The normalized spacial score (nSPS) is 18.3. The molecule has 3 aromatic heterocycles. The summed E-state index contributed by atoms with van der Waals surface area (Å²) >= 11 is 13.3. The summed E-state index contributed by atoms with van der Waals surface area (Å²) in [5.41, 5.74) is 1.04. The molecule has 1 saturated heterocycles. The van der Waals surface area contributed by atoms with Crippen LogP contribution in [0.1, 0.15) is 45.0 Å². The number of H-pyrrole nitrogens is 2. The number of halogens is 2. The lowest BCUT2D eigenvalue weighted by Crippen LogP contribution is -2.55. The third-order valence-electron chi connectivity index (χ3n) is 5.43. The maximum atomic E-state index is 12.8. The largest absolute Gasteiger partial charge is 0.477 e. The zero-order chi connectivity index (χ0) is 24.6. The number of carboxylic acid groups (broad SMARTS) is 1. The zero-order valence-corrected chi connectivity index (χ0v) is 20.9. The maximum absolute atomic E-state index is 12.8. The molecule has 0 unspecified atom stereocenters. The Labute approximate surface area is 208 Å². The van der Waals surface area contributed by atoms with E-state index in [1.165, 1.54) is 0 Å². The fourth-order valence-electron chi connectivity index (χ4n) is 3.80.